The SMILES string of the molecule is O=C(Nc1ccc(C(F)(F)F)cc1)C1=C(O)[C@H]2CCC[C@H]2NC1=O. The van der Waals surface area contributed by atoms with Crippen LogP contribution in [-0.2, 0) is 15.8 Å². The molecule has 2 atom stereocenters. The molecular formula is C16H15F3N2O3. The number of aliphatic hydroxyl groups excluding tert-OH is 1. The summed E-state index contributed by atoms with van der Waals surface area (Å²) < 4.78 is 37.6. The Morgan fingerprint density at radius 3 is 2.50 bits per heavy atom. The van der Waals surface area contributed by atoms with Gasteiger partial charge in [0.1, 0.15) is 11.3 Å². The minimum atomic E-state index is -4.47. The topological polar surface area (TPSA) is 78.4 Å². The first-order valence-corrected chi connectivity index (χ1v) is 7.50. The van der Waals surface area contributed by atoms with E-state index >= 15 is 0 Å². The number of amides is 2. The fourth-order valence-corrected chi connectivity index (χ4v) is 3.16. The summed E-state index contributed by atoms with van der Waals surface area (Å²) >= 11 is 0. The van der Waals surface area contributed by atoms with Crippen molar-refractivity contribution >= 4 is 17.5 Å². The number of halogens is 3. The van der Waals surface area contributed by atoms with Crippen LogP contribution < -0.4 is 10.6 Å². The highest BCUT2D eigenvalue weighted by molar-refractivity contribution is 6.23. The van der Waals surface area contributed by atoms with E-state index in [1.165, 1.54) is 0 Å². The minimum absolute atomic E-state index is 0.106. The van der Waals surface area contributed by atoms with E-state index in [1.807, 2.05) is 0 Å². The van der Waals surface area contributed by atoms with Gasteiger partial charge in [-0.25, -0.2) is 0 Å². The van der Waals surface area contributed by atoms with Crippen LogP contribution in [-0.4, -0.2) is 23.0 Å². The average molecular weight is 340 g/mol. The summed E-state index contributed by atoms with van der Waals surface area (Å²) in [4.78, 5) is 24.3. The van der Waals surface area contributed by atoms with E-state index in [2.05, 4.69) is 10.6 Å². The number of carbonyl (C=O) groups is 2. The van der Waals surface area contributed by atoms with Crippen molar-refractivity contribution in [2.24, 2.45) is 5.92 Å². The molecule has 1 aliphatic heterocycles. The number of carbonyl (C=O) groups excluding carboxylic acids is 2. The molecule has 3 N–H and O–H groups in total. The molecule has 2 amide bonds. The van der Waals surface area contributed by atoms with Gasteiger partial charge in [-0.3, -0.25) is 9.59 Å². The molecule has 1 aromatic rings. The maximum absolute atomic E-state index is 12.5. The van der Waals surface area contributed by atoms with Gasteiger partial charge >= 0.3 is 6.18 Å². The lowest BCUT2D eigenvalue weighted by atomic mass is 9.92. The summed E-state index contributed by atoms with van der Waals surface area (Å²) in [6.45, 7) is 0. The van der Waals surface area contributed by atoms with Crippen LogP contribution in [0.5, 0.6) is 0 Å². The van der Waals surface area contributed by atoms with Crippen molar-refractivity contribution < 1.29 is 27.9 Å². The molecule has 24 heavy (non-hydrogen) atoms. The second kappa shape index (κ2) is 5.85. The Bertz CT molecular complexity index is 710. The lowest BCUT2D eigenvalue weighted by Gasteiger charge is -2.27. The third kappa shape index (κ3) is 2.95. The van der Waals surface area contributed by atoms with Gasteiger partial charge in [0.25, 0.3) is 11.8 Å². The van der Waals surface area contributed by atoms with E-state index in [0.29, 0.717) is 6.42 Å². The first-order chi connectivity index (χ1) is 11.3. The number of hydrogen-bond acceptors (Lipinski definition) is 3. The van der Waals surface area contributed by atoms with Crippen LogP contribution in [0.2, 0.25) is 0 Å². The van der Waals surface area contributed by atoms with Gasteiger partial charge in [0.15, 0.2) is 0 Å². The Morgan fingerprint density at radius 2 is 1.88 bits per heavy atom. The Morgan fingerprint density at radius 1 is 1.21 bits per heavy atom. The quantitative estimate of drug-likeness (QED) is 0.725. The standard InChI is InChI=1S/C16H15F3N2O3/c17-16(18,19)8-4-6-9(7-5-8)20-14(23)12-13(22)10-2-1-3-11(10)21-15(12)24/h4-7,10-11,22H,1-3H2,(H,20,23)(H,21,24)/t10-,11+/m0/s1. The molecule has 0 saturated heterocycles. The van der Waals surface area contributed by atoms with Gasteiger partial charge in [-0.2, -0.15) is 13.2 Å². The largest absolute Gasteiger partial charge is 0.511 e. The van der Waals surface area contributed by atoms with E-state index in [4.69, 9.17) is 0 Å². The van der Waals surface area contributed by atoms with E-state index in [-0.39, 0.29) is 29.0 Å². The molecule has 1 saturated carbocycles. The molecule has 0 bridgehead atoms. The first kappa shape index (κ1) is 16.4. The molecule has 1 heterocycles. The fourth-order valence-electron chi connectivity index (χ4n) is 3.16. The van der Waals surface area contributed by atoms with Crippen LogP contribution in [0.25, 0.3) is 0 Å². The summed E-state index contributed by atoms with van der Waals surface area (Å²) in [5, 5.41) is 15.3. The summed E-state index contributed by atoms with van der Waals surface area (Å²) in [5.41, 5.74) is -1.11. The molecule has 1 fully saturated rings. The second-order valence-corrected chi connectivity index (χ2v) is 5.91. The second-order valence-electron chi connectivity index (χ2n) is 5.91. The van der Waals surface area contributed by atoms with Gasteiger partial charge in [-0.1, -0.05) is 6.42 Å². The maximum atomic E-state index is 12.5. The summed E-state index contributed by atoms with van der Waals surface area (Å²) in [6.07, 6.45) is -2.21. The van der Waals surface area contributed by atoms with Crippen molar-refractivity contribution in [3.05, 3.63) is 41.2 Å². The normalized spacial score (nSPS) is 23.7. The van der Waals surface area contributed by atoms with Gasteiger partial charge in [-0.15, -0.1) is 0 Å². The Hall–Kier alpha value is -2.51. The fraction of sp³-hybridized carbons (Fsp3) is 0.375. The predicted octanol–water partition coefficient (Wildman–Crippen LogP) is 2.75. The van der Waals surface area contributed by atoms with Crippen LogP contribution >= 0.6 is 0 Å². The number of aliphatic hydroxyl groups is 1. The van der Waals surface area contributed by atoms with Gasteiger partial charge in [0, 0.05) is 17.6 Å². The summed E-state index contributed by atoms with van der Waals surface area (Å²) in [5.74, 6) is -2.03. The number of alkyl halides is 3. The zero-order valence-electron chi connectivity index (χ0n) is 12.5. The highest BCUT2D eigenvalue weighted by Gasteiger charge is 2.41. The highest BCUT2D eigenvalue weighted by Crippen LogP contribution is 2.35. The summed E-state index contributed by atoms with van der Waals surface area (Å²) in [7, 11) is 0. The zero-order chi connectivity index (χ0) is 17.5. The molecule has 0 unspecified atom stereocenters. The molecule has 2 aliphatic rings. The zero-order valence-corrected chi connectivity index (χ0v) is 12.5. The highest BCUT2D eigenvalue weighted by atomic mass is 19.4. The van der Waals surface area contributed by atoms with E-state index in [0.717, 1.165) is 37.1 Å². The van der Waals surface area contributed by atoms with Crippen molar-refractivity contribution in [2.45, 2.75) is 31.5 Å². The van der Waals surface area contributed by atoms with Crippen molar-refractivity contribution in [3.8, 4) is 0 Å². The van der Waals surface area contributed by atoms with E-state index < -0.39 is 23.6 Å². The van der Waals surface area contributed by atoms with Crippen LogP contribution in [0.1, 0.15) is 24.8 Å². The van der Waals surface area contributed by atoms with Crippen LogP contribution in [0.4, 0.5) is 18.9 Å². The number of fused-ring (bicyclic) bond motifs is 1. The lowest BCUT2D eigenvalue weighted by Crippen LogP contribution is -2.46. The molecule has 3 rings (SSSR count). The van der Waals surface area contributed by atoms with Gasteiger partial charge < -0.3 is 15.7 Å². The molecule has 0 aromatic heterocycles. The molecular weight excluding hydrogens is 325 g/mol. The van der Waals surface area contributed by atoms with Crippen LogP contribution in [0.15, 0.2) is 35.6 Å². The van der Waals surface area contributed by atoms with Crippen LogP contribution in [0.3, 0.4) is 0 Å². The smallest absolute Gasteiger partial charge is 0.416 e. The molecule has 1 aliphatic carbocycles. The Labute approximate surface area is 135 Å². The molecule has 1 aromatic carbocycles. The lowest BCUT2D eigenvalue weighted by molar-refractivity contribution is -0.137. The van der Waals surface area contributed by atoms with Gasteiger partial charge in [0.05, 0.1) is 5.56 Å². The van der Waals surface area contributed by atoms with Crippen LogP contribution in [0, 0.1) is 5.92 Å². The predicted molar refractivity (Wildman–Crippen MR) is 79.0 cm³/mol. The molecule has 128 valence electrons. The number of rotatable bonds is 2. The van der Waals surface area contributed by atoms with Crippen molar-refractivity contribution in [3.63, 3.8) is 0 Å². The van der Waals surface area contributed by atoms with Gasteiger partial charge in [0.2, 0.25) is 0 Å². The monoisotopic (exact) mass is 340 g/mol. The maximum Gasteiger partial charge on any atom is 0.416 e. The first-order valence-electron chi connectivity index (χ1n) is 7.50. The summed E-state index contributed by atoms with van der Waals surface area (Å²) in [6, 6.07) is 3.69. The van der Waals surface area contributed by atoms with E-state index in [9.17, 15) is 27.9 Å². The Balaban J connectivity index is 1.79. The van der Waals surface area contributed by atoms with Crippen molar-refractivity contribution in [1.29, 1.82) is 0 Å². The minimum Gasteiger partial charge on any atom is -0.511 e. The van der Waals surface area contributed by atoms with Crippen molar-refractivity contribution in [1.82, 2.24) is 5.32 Å². The van der Waals surface area contributed by atoms with Crippen molar-refractivity contribution in [2.75, 3.05) is 5.32 Å². The molecule has 0 spiro atoms. The Kier molecular flexibility index (Phi) is 3.98. The number of hydrogen-bond donors (Lipinski definition) is 3. The van der Waals surface area contributed by atoms with Gasteiger partial charge in [-0.05, 0) is 37.1 Å². The molecule has 5 nitrogen and oxygen atoms in total. The average Bonchev–Trinajstić information content (AvgIpc) is 2.95. The number of anilines is 1. The molecule has 8 heteroatoms. The number of benzene rings is 1. The third-order valence-electron chi connectivity index (χ3n) is 4.36. The van der Waals surface area contributed by atoms with E-state index in [1.54, 1.807) is 0 Å². The molecule has 0 radical (unpaired) electrons. The third-order valence-corrected chi connectivity index (χ3v) is 4.36. The number of nitrogens with one attached hydrogen (secondary N) is 2.